The molecule has 0 N–H and O–H groups in total. The van der Waals surface area contributed by atoms with E-state index in [2.05, 4.69) is 4.98 Å². The van der Waals surface area contributed by atoms with E-state index in [1.165, 1.54) is 18.4 Å². The van der Waals surface area contributed by atoms with Crippen molar-refractivity contribution in [1.82, 2.24) is 9.88 Å². The van der Waals surface area contributed by atoms with Gasteiger partial charge in [0.2, 0.25) is 11.8 Å². The summed E-state index contributed by atoms with van der Waals surface area (Å²) < 4.78 is 42.3. The number of rotatable bonds is 8. The van der Waals surface area contributed by atoms with Crippen LogP contribution < -0.4 is 4.74 Å². The molecule has 35 heavy (non-hydrogen) atoms. The maximum atomic E-state index is 13.0. The number of hydrogen-bond donors (Lipinski definition) is 0. The van der Waals surface area contributed by atoms with Crippen LogP contribution in [-0.4, -0.2) is 49.7 Å². The van der Waals surface area contributed by atoms with Gasteiger partial charge in [0.1, 0.15) is 11.9 Å². The van der Waals surface area contributed by atoms with E-state index in [4.69, 9.17) is 4.74 Å². The number of amides is 1. The quantitative estimate of drug-likeness (QED) is 0.453. The van der Waals surface area contributed by atoms with Gasteiger partial charge in [-0.05, 0) is 54.3 Å². The maximum absolute atomic E-state index is 13.0. The molecule has 0 unspecified atom stereocenters. The van der Waals surface area contributed by atoms with Crippen LogP contribution in [0.2, 0.25) is 0 Å². The van der Waals surface area contributed by atoms with Crippen LogP contribution >= 0.6 is 0 Å². The van der Waals surface area contributed by atoms with Crippen molar-refractivity contribution in [3.8, 4) is 17.0 Å². The molecule has 0 bridgehead atoms. The third kappa shape index (κ3) is 6.88. The summed E-state index contributed by atoms with van der Waals surface area (Å²) in [6.45, 7) is 1.32. The summed E-state index contributed by atoms with van der Waals surface area (Å²) >= 11 is 0. The van der Waals surface area contributed by atoms with Crippen molar-refractivity contribution in [3.05, 3.63) is 78.2 Å². The molecule has 1 fully saturated rings. The van der Waals surface area contributed by atoms with E-state index in [-0.39, 0.29) is 22.7 Å². The Morgan fingerprint density at radius 1 is 1.00 bits per heavy atom. The number of aromatic nitrogens is 1. The molecule has 1 aliphatic heterocycles. The number of ether oxygens (including phenoxy) is 1. The molecule has 4 rings (SSSR count). The summed E-state index contributed by atoms with van der Waals surface area (Å²) in [6.07, 6.45) is 6.39. The Bertz CT molecular complexity index is 1240. The first-order valence-corrected chi connectivity index (χ1v) is 13.6. The lowest BCUT2D eigenvalue weighted by Gasteiger charge is -2.32. The Hall–Kier alpha value is -3.26. The predicted octanol–water partition coefficient (Wildman–Crippen LogP) is 4.68. The minimum absolute atomic E-state index is 0.00524. The Morgan fingerprint density at radius 2 is 1.66 bits per heavy atom. The Balaban J connectivity index is 1.22. The zero-order chi connectivity index (χ0) is 24.8. The molecule has 6 nitrogen and oxygen atoms in total. The molecular weight excluding hydrogens is 467 g/mol. The fourth-order valence-electron chi connectivity index (χ4n) is 4.16. The highest BCUT2D eigenvalue weighted by molar-refractivity contribution is 7.90. The van der Waals surface area contributed by atoms with Crippen LogP contribution in [0.1, 0.15) is 31.2 Å². The fourth-order valence-corrected chi connectivity index (χ4v) is 4.79. The maximum Gasteiger partial charge on any atom is 0.222 e. The number of likely N-dealkylation sites (tertiary alicyclic amines) is 1. The first-order chi connectivity index (χ1) is 16.8. The molecule has 0 saturated carbocycles. The highest BCUT2D eigenvalue weighted by atomic mass is 32.2. The molecule has 1 amide bonds. The van der Waals surface area contributed by atoms with Crippen molar-refractivity contribution in [1.29, 1.82) is 0 Å². The van der Waals surface area contributed by atoms with Crippen molar-refractivity contribution in [2.75, 3.05) is 19.3 Å². The number of carbonyl (C=O) groups is 1. The molecule has 2 aromatic carbocycles. The molecule has 1 aliphatic rings. The molecule has 2 heterocycles. The minimum atomic E-state index is -3.22. The SMILES string of the molecule is CS(=O)(=O)c1ccc(-c2ccc(OC3CCN(C(=O)CCCc4ccc(F)cc4)CC3)nc2)cc1. The van der Waals surface area contributed by atoms with Gasteiger partial charge in [-0.2, -0.15) is 0 Å². The van der Waals surface area contributed by atoms with Crippen LogP contribution in [0.3, 0.4) is 0 Å². The zero-order valence-electron chi connectivity index (χ0n) is 19.7. The van der Waals surface area contributed by atoms with Gasteiger partial charge in [0.25, 0.3) is 0 Å². The second-order valence-electron chi connectivity index (χ2n) is 8.86. The van der Waals surface area contributed by atoms with Crippen molar-refractivity contribution in [2.24, 2.45) is 0 Å². The van der Waals surface area contributed by atoms with Crippen molar-refractivity contribution >= 4 is 15.7 Å². The summed E-state index contributed by atoms with van der Waals surface area (Å²) in [7, 11) is -3.22. The Labute approximate surface area is 205 Å². The summed E-state index contributed by atoms with van der Waals surface area (Å²) in [5.41, 5.74) is 2.79. The van der Waals surface area contributed by atoms with Crippen LogP contribution in [0.15, 0.2) is 71.8 Å². The van der Waals surface area contributed by atoms with E-state index in [1.54, 1.807) is 42.6 Å². The van der Waals surface area contributed by atoms with Crippen LogP contribution in [0.5, 0.6) is 5.88 Å². The Morgan fingerprint density at radius 3 is 2.26 bits per heavy atom. The number of hydrogen-bond acceptors (Lipinski definition) is 5. The number of nitrogens with zero attached hydrogens (tertiary/aromatic N) is 2. The van der Waals surface area contributed by atoms with Gasteiger partial charge >= 0.3 is 0 Å². The Kier molecular flexibility index (Phi) is 7.80. The third-order valence-electron chi connectivity index (χ3n) is 6.20. The molecule has 0 radical (unpaired) electrons. The van der Waals surface area contributed by atoms with Crippen LogP contribution in [0, 0.1) is 5.82 Å². The van der Waals surface area contributed by atoms with Gasteiger partial charge in [0.15, 0.2) is 9.84 Å². The molecule has 0 aliphatic carbocycles. The second-order valence-corrected chi connectivity index (χ2v) is 10.9. The smallest absolute Gasteiger partial charge is 0.222 e. The summed E-state index contributed by atoms with van der Waals surface area (Å²) in [4.78, 5) is 19.1. The summed E-state index contributed by atoms with van der Waals surface area (Å²) in [6, 6.07) is 16.8. The van der Waals surface area contributed by atoms with Crippen molar-refractivity contribution in [2.45, 2.75) is 43.1 Å². The highest BCUT2D eigenvalue weighted by Gasteiger charge is 2.24. The van der Waals surface area contributed by atoms with Crippen LogP contribution in [0.4, 0.5) is 4.39 Å². The first kappa shape index (κ1) is 24.9. The monoisotopic (exact) mass is 496 g/mol. The van der Waals surface area contributed by atoms with E-state index in [9.17, 15) is 17.6 Å². The summed E-state index contributed by atoms with van der Waals surface area (Å²) in [5.74, 6) is 0.433. The van der Waals surface area contributed by atoms with Crippen molar-refractivity contribution < 1.29 is 22.3 Å². The predicted molar refractivity (Wildman–Crippen MR) is 132 cm³/mol. The van der Waals surface area contributed by atoms with Gasteiger partial charge in [-0.25, -0.2) is 17.8 Å². The van der Waals surface area contributed by atoms with Gasteiger partial charge in [-0.1, -0.05) is 24.3 Å². The number of piperidine rings is 1. The normalized spacial score (nSPS) is 14.6. The standard InChI is InChI=1S/C27H29FN2O4S/c1-35(32,33)25-12-7-21(8-13-25)22-9-14-26(29-19-22)34-24-15-17-30(18-16-24)27(31)4-2-3-20-5-10-23(28)11-6-20/h5-14,19,24H,2-4,15-18H2,1H3. The van der Waals surface area contributed by atoms with Gasteiger partial charge < -0.3 is 9.64 Å². The molecule has 1 saturated heterocycles. The number of aryl methyl sites for hydroxylation is 1. The van der Waals surface area contributed by atoms with E-state index in [0.29, 0.717) is 25.4 Å². The molecule has 3 aromatic rings. The van der Waals surface area contributed by atoms with Gasteiger partial charge in [-0.15, -0.1) is 0 Å². The lowest BCUT2D eigenvalue weighted by Crippen LogP contribution is -2.41. The lowest BCUT2D eigenvalue weighted by atomic mass is 10.1. The molecule has 8 heteroatoms. The lowest BCUT2D eigenvalue weighted by molar-refractivity contribution is -0.133. The highest BCUT2D eigenvalue weighted by Crippen LogP contribution is 2.24. The van der Waals surface area contributed by atoms with Crippen molar-refractivity contribution in [3.63, 3.8) is 0 Å². The van der Waals surface area contributed by atoms with Crippen LogP contribution in [-0.2, 0) is 21.1 Å². The average Bonchev–Trinajstić information content (AvgIpc) is 2.86. The number of sulfone groups is 1. The molecule has 184 valence electrons. The fraction of sp³-hybridized carbons (Fsp3) is 0.333. The number of benzene rings is 2. The second kappa shape index (κ2) is 11.0. The average molecular weight is 497 g/mol. The largest absolute Gasteiger partial charge is 0.474 e. The number of pyridine rings is 1. The van der Waals surface area contributed by atoms with Gasteiger partial charge in [-0.3, -0.25) is 4.79 Å². The third-order valence-corrected chi connectivity index (χ3v) is 7.33. The zero-order valence-corrected chi connectivity index (χ0v) is 20.5. The topological polar surface area (TPSA) is 76.6 Å². The molecule has 0 spiro atoms. The van der Waals surface area contributed by atoms with E-state index < -0.39 is 9.84 Å². The molecular formula is C27H29FN2O4S. The first-order valence-electron chi connectivity index (χ1n) is 11.7. The summed E-state index contributed by atoms with van der Waals surface area (Å²) in [5, 5.41) is 0. The number of carbonyl (C=O) groups excluding carboxylic acids is 1. The van der Waals surface area contributed by atoms with Crippen LogP contribution in [0.25, 0.3) is 11.1 Å². The molecule has 0 atom stereocenters. The number of halogens is 1. The van der Waals surface area contributed by atoms with Gasteiger partial charge in [0.05, 0.1) is 4.90 Å². The van der Waals surface area contributed by atoms with E-state index >= 15 is 0 Å². The van der Waals surface area contributed by atoms with E-state index in [1.807, 2.05) is 17.0 Å². The molecule has 1 aromatic heterocycles. The van der Waals surface area contributed by atoms with Gasteiger partial charge in [0, 0.05) is 56.4 Å². The van der Waals surface area contributed by atoms with E-state index in [0.717, 1.165) is 42.4 Å². The minimum Gasteiger partial charge on any atom is -0.474 e.